The molecule has 0 saturated carbocycles. The molecule has 1 N–H and O–H groups in total. The summed E-state index contributed by atoms with van der Waals surface area (Å²) in [6, 6.07) is 15.8. The van der Waals surface area contributed by atoms with Crippen LogP contribution in [0.15, 0.2) is 59.5 Å². The van der Waals surface area contributed by atoms with E-state index in [-0.39, 0.29) is 5.91 Å². The average molecular weight is 437 g/mol. The first-order valence-corrected chi connectivity index (χ1v) is 12.4. The Morgan fingerprint density at radius 3 is 2.31 bits per heavy atom. The zero-order valence-electron chi connectivity index (χ0n) is 17.0. The molecule has 0 aromatic heterocycles. The maximum atomic E-state index is 12.8. The number of nitrogens with one attached hydrogen (secondary N) is 1. The van der Waals surface area contributed by atoms with E-state index in [0.29, 0.717) is 36.8 Å². The van der Waals surface area contributed by atoms with E-state index in [2.05, 4.69) is 5.32 Å². The van der Waals surface area contributed by atoms with Crippen LogP contribution in [-0.2, 0) is 14.8 Å². The SMILES string of the molecule is CCOc1ccc(N(C(CC)C(=O)NCCSc2ccccc2)S(C)(=O)=O)cc1. The number of hydrogen-bond acceptors (Lipinski definition) is 5. The van der Waals surface area contributed by atoms with Gasteiger partial charge in [-0.1, -0.05) is 25.1 Å². The second-order valence-electron chi connectivity index (χ2n) is 6.36. The summed E-state index contributed by atoms with van der Waals surface area (Å²) in [5.74, 6) is 1.05. The Morgan fingerprint density at radius 1 is 1.10 bits per heavy atom. The van der Waals surface area contributed by atoms with Crippen LogP contribution in [-0.4, -0.2) is 45.5 Å². The number of rotatable bonds is 11. The molecule has 0 bridgehead atoms. The van der Waals surface area contributed by atoms with Crippen LogP contribution in [0.25, 0.3) is 0 Å². The molecular formula is C21H28N2O4S2. The second-order valence-corrected chi connectivity index (χ2v) is 9.39. The number of thioether (sulfide) groups is 1. The first kappa shape index (κ1) is 23.1. The van der Waals surface area contributed by atoms with Gasteiger partial charge in [0.25, 0.3) is 0 Å². The van der Waals surface area contributed by atoms with E-state index < -0.39 is 16.1 Å². The Balaban J connectivity index is 2.06. The first-order valence-electron chi connectivity index (χ1n) is 9.54. The van der Waals surface area contributed by atoms with Gasteiger partial charge in [-0.25, -0.2) is 8.42 Å². The minimum Gasteiger partial charge on any atom is -0.494 e. The summed E-state index contributed by atoms with van der Waals surface area (Å²) in [7, 11) is -3.65. The topological polar surface area (TPSA) is 75.7 Å². The second kappa shape index (κ2) is 11.1. The van der Waals surface area contributed by atoms with Crippen molar-refractivity contribution < 1.29 is 17.9 Å². The maximum Gasteiger partial charge on any atom is 0.243 e. The molecule has 0 saturated heterocycles. The summed E-state index contributed by atoms with van der Waals surface area (Å²) in [4.78, 5) is 13.9. The van der Waals surface area contributed by atoms with Gasteiger partial charge in [0.05, 0.1) is 18.6 Å². The molecule has 1 unspecified atom stereocenters. The quantitative estimate of drug-likeness (QED) is 0.431. The monoisotopic (exact) mass is 436 g/mol. The highest BCUT2D eigenvalue weighted by Crippen LogP contribution is 2.25. The zero-order chi connectivity index (χ0) is 21.3. The minimum absolute atomic E-state index is 0.305. The lowest BCUT2D eigenvalue weighted by Gasteiger charge is -2.30. The van der Waals surface area contributed by atoms with Crippen LogP contribution in [0.5, 0.6) is 5.75 Å². The molecule has 0 aliphatic carbocycles. The van der Waals surface area contributed by atoms with Gasteiger partial charge in [-0.05, 0) is 49.7 Å². The van der Waals surface area contributed by atoms with E-state index in [0.717, 1.165) is 11.2 Å². The molecule has 29 heavy (non-hydrogen) atoms. The van der Waals surface area contributed by atoms with Crippen LogP contribution >= 0.6 is 11.8 Å². The van der Waals surface area contributed by atoms with E-state index >= 15 is 0 Å². The summed E-state index contributed by atoms with van der Waals surface area (Å²) in [6.07, 6.45) is 1.47. The van der Waals surface area contributed by atoms with Gasteiger partial charge in [0.1, 0.15) is 11.8 Å². The van der Waals surface area contributed by atoms with Crippen molar-refractivity contribution in [3.05, 3.63) is 54.6 Å². The highest BCUT2D eigenvalue weighted by molar-refractivity contribution is 7.99. The van der Waals surface area contributed by atoms with E-state index in [4.69, 9.17) is 4.74 Å². The Kier molecular flexibility index (Phi) is 8.85. The first-order chi connectivity index (χ1) is 13.9. The molecule has 1 atom stereocenters. The smallest absolute Gasteiger partial charge is 0.243 e. The van der Waals surface area contributed by atoms with Gasteiger partial charge in [-0.15, -0.1) is 11.8 Å². The fourth-order valence-electron chi connectivity index (χ4n) is 2.89. The van der Waals surface area contributed by atoms with Crippen molar-refractivity contribution in [1.82, 2.24) is 5.32 Å². The van der Waals surface area contributed by atoms with Crippen molar-refractivity contribution in [2.45, 2.75) is 31.2 Å². The van der Waals surface area contributed by atoms with E-state index in [1.54, 1.807) is 43.0 Å². The third kappa shape index (κ3) is 6.97. The number of anilines is 1. The van der Waals surface area contributed by atoms with Crippen LogP contribution in [0.4, 0.5) is 5.69 Å². The van der Waals surface area contributed by atoms with Gasteiger partial charge in [0.15, 0.2) is 0 Å². The number of nitrogens with zero attached hydrogens (tertiary/aromatic N) is 1. The van der Waals surface area contributed by atoms with Crippen molar-refractivity contribution in [1.29, 1.82) is 0 Å². The minimum atomic E-state index is -3.65. The number of amides is 1. The maximum absolute atomic E-state index is 12.8. The largest absolute Gasteiger partial charge is 0.494 e. The summed E-state index contributed by atoms with van der Waals surface area (Å²) < 4.78 is 31.5. The summed E-state index contributed by atoms with van der Waals surface area (Å²) in [6.45, 7) is 4.66. The van der Waals surface area contributed by atoms with Gasteiger partial charge in [0, 0.05) is 17.2 Å². The highest BCUT2D eigenvalue weighted by Gasteiger charge is 2.31. The van der Waals surface area contributed by atoms with Crippen molar-refractivity contribution in [2.75, 3.05) is 29.5 Å². The molecule has 0 radical (unpaired) electrons. The number of ether oxygens (including phenoxy) is 1. The molecule has 1 amide bonds. The molecule has 6 nitrogen and oxygen atoms in total. The molecule has 2 rings (SSSR count). The Labute approximate surface area is 177 Å². The van der Waals surface area contributed by atoms with E-state index in [1.807, 2.05) is 37.3 Å². The van der Waals surface area contributed by atoms with Crippen molar-refractivity contribution in [2.24, 2.45) is 0 Å². The lowest BCUT2D eigenvalue weighted by atomic mass is 10.2. The third-order valence-electron chi connectivity index (χ3n) is 4.15. The lowest BCUT2D eigenvalue weighted by molar-refractivity contribution is -0.122. The molecule has 0 aliphatic heterocycles. The fraction of sp³-hybridized carbons (Fsp3) is 0.381. The van der Waals surface area contributed by atoms with Gasteiger partial charge in [-0.2, -0.15) is 0 Å². The zero-order valence-corrected chi connectivity index (χ0v) is 18.6. The Morgan fingerprint density at radius 2 is 1.76 bits per heavy atom. The number of hydrogen-bond donors (Lipinski definition) is 1. The van der Waals surface area contributed by atoms with Crippen LogP contribution < -0.4 is 14.4 Å². The van der Waals surface area contributed by atoms with E-state index in [9.17, 15) is 13.2 Å². The molecular weight excluding hydrogens is 408 g/mol. The molecule has 0 heterocycles. The van der Waals surface area contributed by atoms with Crippen LogP contribution in [0.1, 0.15) is 20.3 Å². The molecule has 0 aliphatic rings. The van der Waals surface area contributed by atoms with Crippen LogP contribution in [0.3, 0.4) is 0 Å². The van der Waals surface area contributed by atoms with Crippen molar-refractivity contribution in [3.8, 4) is 5.75 Å². The number of sulfonamides is 1. The summed E-state index contributed by atoms with van der Waals surface area (Å²) in [5, 5.41) is 2.87. The van der Waals surface area contributed by atoms with Gasteiger partial charge in [0.2, 0.25) is 15.9 Å². The molecule has 158 valence electrons. The number of benzene rings is 2. The predicted molar refractivity (Wildman–Crippen MR) is 119 cm³/mol. The molecule has 8 heteroatoms. The van der Waals surface area contributed by atoms with Crippen molar-refractivity contribution in [3.63, 3.8) is 0 Å². The molecule has 2 aromatic rings. The number of carbonyl (C=O) groups is 1. The highest BCUT2D eigenvalue weighted by atomic mass is 32.2. The number of carbonyl (C=O) groups excluding carboxylic acids is 1. The Bertz CT molecular complexity index is 871. The predicted octanol–water partition coefficient (Wildman–Crippen LogP) is 3.54. The fourth-order valence-corrected chi connectivity index (χ4v) is 4.90. The molecule has 2 aromatic carbocycles. The normalized spacial score (nSPS) is 12.2. The lowest BCUT2D eigenvalue weighted by Crippen LogP contribution is -2.49. The molecule has 0 spiro atoms. The van der Waals surface area contributed by atoms with Crippen LogP contribution in [0, 0.1) is 0 Å². The Hall–Kier alpha value is -2.19. The van der Waals surface area contributed by atoms with Gasteiger partial charge in [-0.3, -0.25) is 9.10 Å². The van der Waals surface area contributed by atoms with Crippen molar-refractivity contribution >= 4 is 33.4 Å². The average Bonchev–Trinajstić information content (AvgIpc) is 2.70. The summed E-state index contributed by atoms with van der Waals surface area (Å²) in [5.41, 5.74) is 0.441. The van der Waals surface area contributed by atoms with Gasteiger partial charge < -0.3 is 10.1 Å². The summed E-state index contributed by atoms with van der Waals surface area (Å²) >= 11 is 1.64. The van der Waals surface area contributed by atoms with Crippen LogP contribution in [0.2, 0.25) is 0 Å². The van der Waals surface area contributed by atoms with Gasteiger partial charge >= 0.3 is 0 Å². The standard InChI is InChI=1S/C21H28N2O4S2/c1-4-20(21(24)22-15-16-28-19-9-7-6-8-10-19)23(29(3,25)26)17-11-13-18(14-12-17)27-5-2/h6-14,20H,4-5,15-16H2,1-3H3,(H,22,24). The third-order valence-corrected chi connectivity index (χ3v) is 6.34. The molecule has 0 fully saturated rings. The van der Waals surface area contributed by atoms with E-state index in [1.165, 1.54) is 4.31 Å².